The Morgan fingerprint density at radius 2 is 2.00 bits per heavy atom. The van der Waals surface area contributed by atoms with Gasteiger partial charge in [0.2, 0.25) is 0 Å². The minimum atomic E-state index is -0.137. The van der Waals surface area contributed by atoms with Gasteiger partial charge in [-0.05, 0) is 44.4 Å². The second-order valence-electron chi connectivity index (χ2n) is 4.80. The van der Waals surface area contributed by atoms with Crippen LogP contribution in [-0.2, 0) is 16.0 Å². The Hall–Kier alpha value is -1.55. The molecule has 1 aromatic carbocycles. The molecule has 0 heterocycles. The van der Waals surface area contributed by atoms with Gasteiger partial charge in [-0.1, -0.05) is 12.1 Å². The van der Waals surface area contributed by atoms with Crippen molar-refractivity contribution in [1.82, 2.24) is 5.32 Å². The van der Waals surface area contributed by atoms with Crippen LogP contribution in [0.1, 0.15) is 32.3 Å². The lowest BCUT2D eigenvalue weighted by molar-refractivity contribution is -0.142. The molecule has 0 saturated heterocycles. The van der Waals surface area contributed by atoms with Crippen LogP contribution in [0.15, 0.2) is 24.3 Å². The van der Waals surface area contributed by atoms with Crippen LogP contribution in [0, 0.1) is 0 Å². The van der Waals surface area contributed by atoms with E-state index in [0.29, 0.717) is 25.6 Å². The second-order valence-corrected chi connectivity index (χ2v) is 4.80. The fourth-order valence-electron chi connectivity index (χ4n) is 1.93. The smallest absolute Gasteiger partial charge is 0.307 e. The predicted molar refractivity (Wildman–Crippen MR) is 80.0 cm³/mol. The highest BCUT2D eigenvalue weighted by Gasteiger charge is 2.05. The summed E-state index contributed by atoms with van der Waals surface area (Å²) in [7, 11) is 1.67. The first-order valence-electron chi connectivity index (χ1n) is 7.17. The second kappa shape index (κ2) is 9.37. The number of ether oxygens (including phenoxy) is 2. The van der Waals surface area contributed by atoms with Gasteiger partial charge in [0.25, 0.3) is 0 Å². The zero-order valence-corrected chi connectivity index (χ0v) is 12.6. The molecule has 112 valence electrons. The summed E-state index contributed by atoms with van der Waals surface area (Å²) in [6.45, 7) is 5.08. The standard InChI is InChI=1S/C16H25NO3/c1-4-20-16(18)11-12-17-13(2)5-6-14-7-9-15(19-3)10-8-14/h7-10,13,17H,4-6,11-12H2,1-3H3. The number of methoxy groups -OCH3 is 1. The number of benzene rings is 1. The van der Waals surface area contributed by atoms with Crippen molar-refractivity contribution in [1.29, 1.82) is 0 Å². The van der Waals surface area contributed by atoms with Gasteiger partial charge in [-0.25, -0.2) is 0 Å². The van der Waals surface area contributed by atoms with Gasteiger partial charge in [0, 0.05) is 12.6 Å². The molecule has 0 fully saturated rings. The number of nitrogens with one attached hydrogen (secondary N) is 1. The van der Waals surface area contributed by atoms with E-state index in [1.165, 1.54) is 5.56 Å². The summed E-state index contributed by atoms with van der Waals surface area (Å²) in [6.07, 6.45) is 2.48. The van der Waals surface area contributed by atoms with Crippen molar-refractivity contribution in [2.24, 2.45) is 0 Å². The molecule has 1 N–H and O–H groups in total. The number of carbonyl (C=O) groups is 1. The molecule has 0 aliphatic carbocycles. The highest BCUT2D eigenvalue weighted by molar-refractivity contribution is 5.69. The Balaban J connectivity index is 2.18. The fraction of sp³-hybridized carbons (Fsp3) is 0.562. The van der Waals surface area contributed by atoms with Crippen molar-refractivity contribution in [3.05, 3.63) is 29.8 Å². The van der Waals surface area contributed by atoms with Gasteiger partial charge in [-0.15, -0.1) is 0 Å². The van der Waals surface area contributed by atoms with E-state index in [9.17, 15) is 4.79 Å². The van der Waals surface area contributed by atoms with Crippen LogP contribution in [0.2, 0.25) is 0 Å². The molecule has 1 rings (SSSR count). The number of carbonyl (C=O) groups excluding carboxylic acids is 1. The van der Waals surface area contributed by atoms with Crippen LogP contribution in [0.5, 0.6) is 5.75 Å². The summed E-state index contributed by atoms with van der Waals surface area (Å²) in [5, 5.41) is 3.34. The number of hydrogen-bond donors (Lipinski definition) is 1. The molecular formula is C16H25NO3. The molecule has 0 spiro atoms. The minimum Gasteiger partial charge on any atom is -0.497 e. The van der Waals surface area contributed by atoms with Crippen LogP contribution in [0.4, 0.5) is 0 Å². The summed E-state index contributed by atoms with van der Waals surface area (Å²) in [5.74, 6) is 0.747. The molecule has 0 aliphatic heterocycles. The van der Waals surface area contributed by atoms with Gasteiger partial charge in [-0.3, -0.25) is 4.79 Å². The number of aryl methyl sites for hydroxylation is 1. The molecule has 0 saturated carbocycles. The monoisotopic (exact) mass is 279 g/mol. The minimum absolute atomic E-state index is 0.137. The highest BCUT2D eigenvalue weighted by Crippen LogP contribution is 2.13. The zero-order chi connectivity index (χ0) is 14.8. The van der Waals surface area contributed by atoms with E-state index in [-0.39, 0.29) is 5.97 Å². The predicted octanol–water partition coefficient (Wildman–Crippen LogP) is 2.56. The van der Waals surface area contributed by atoms with Gasteiger partial charge in [0.05, 0.1) is 20.1 Å². The lowest BCUT2D eigenvalue weighted by atomic mass is 10.1. The van der Waals surface area contributed by atoms with E-state index in [1.54, 1.807) is 7.11 Å². The van der Waals surface area contributed by atoms with Crippen molar-refractivity contribution in [2.75, 3.05) is 20.3 Å². The molecule has 0 radical (unpaired) electrons. The Bertz CT molecular complexity index is 389. The van der Waals surface area contributed by atoms with E-state index < -0.39 is 0 Å². The van der Waals surface area contributed by atoms with Crippen LogP contribution in [0.3, 0.4) is 0 Å². The Kier molecular flexibility index (Phi) is 7.73. The number of hydrogen-bond acceptors (Lipinski definition) is 4. The maximum Gasteiger partial charge on any atom is 0.307 e. The van der Waals surface area contributed by atoms with Crippen LogP contribution in [-0.4, -0.2) is 32.3 Å². The first-order valence-corrected chi connectivity index (χ1v) is 7.17. The molecule has 0 bridgehead atoms. The van der Waals surface area contributed by atoms with E-state index in [4.69, 9.17) is 9.47 Å². The Labute approximate surface area is 121 Å². The largest absolute Gasteiger partial charge is 0.497 e. The lowest BCUT2D eigenvalue weighted by Crippen LogP contribution is -2.29. The van der Waals surface area contributed by atoms with Gasteiger partial charge in [0.15, 0.2) is 0 Å². The molecule has 1 aromatic rings. The van der Waals surface area contributed by atoms with E-state index in [2.05, 4.69) is 24.4 Å². The van der Waals surface area contributed by atoms with Crippen LogP contribution in [0.25, 0.3) is 0 Å². The lowest BCUT2D eigenvalue weighted by Gasteiger charge is -2.13. The van der Waals surface area contributed by atoms with E-state index in [1.807, 2.05) is 19.1 Å². The van der Waals surface area contributed by atoms with Gasteiger partial charge in [0.1, 0.15) is 5.75 Å². The van der Waals surface area contributed by atoms with Gasteiger partial charge in [-0.2, -0.15) is 0 Å². The SMILES string of the molecule is CCOC(=O)CCNC(C)CCc1ccc(OC)cc1. The van der Waals surface area contributed by atoms with Crippen molar-refractivity contribution in [2.45, 2.75) is 39.2 Å². The Morgan fingerprint density at radius 3 is 2.60 bits per heavy atom. The maximum atomic E-state index is 11.2. The quantitative estimate of drug-likeness (QED) is 0.706. The third-order valence-corrected chi connectivity index (χ3v) is 3.15. The maximum absolute atomic E-state index is 11.2. The van der Waals surface area contributed by atoms with Crippen molar-refractivity contribution < 1.29 is 14.3 Å². The molecule has 0 amide bonds. The molecule has 4 heteroatoms. The van der Waals surface area contributed by atoms with E-state index in [0.717, 1.165) is 18.6 Å². The summed E-state index contributed by atoms with van der Waals surface area (Å²) in [5.41, 5.74) is 1.30. The van der Waals surface area contributed by atoms with Crippen molar-refractivity contribution >= 4 is 5.97 Å². The number of rotatable bonds is 9. The Morgan fingerprint density at radius 1 is 1.30 bits per heavy atom. The average Bonchev–Trinajstić information content (AvgIpc) is 2.46. The summed E-state index contributed by atoms with van der Waals surface area (Å²) in [4.78, 5) is 11.2. The topological polar surface area (TPSA) is 47.6 Å². The fourth-order valence-corrected chi connectivity index (χ4v) is 1.93. The average molecular weight is 279 g/mol. The van der Waals surface area contributed by atoms with E-state index >= 15 is 0 Å². The molecule has 0 aromatic heterocycles. The van der Waals surface area contributed by atoms with Crippen LogP contribution >= 0.6 is 0 Å². The number of esters is 1. The third-order valence-electron chi connectivity index (χ3n) is 3.15. The zero-order valence-electron chi connectivity index (χ0n) is 12.6. The normalized spacial score (nSPS) is 11.9. The summed E-state index contributed by atoms with van der Waals surface area (Å²) >= 11 is 0. The highest BCUT2D eigenvalue weighted by atomic mass is 16.5. The van der Waals surface area contributed by atoms with Crippen LogP contribution < -0.4 is 10.1 Å². The van der Waals surface area contributed by atoms with Gasteiger partial charge < -0.3 is 14.8 Å². The van der Waals surface area contributed by atoms with Crippen molar-refractivity contribution in [3.63, 3.8) is 0 Å². The summed E-state index contributed by atoms with van der Waals surface area (Å²) in [6, 6.07) is 8.52. The molecular weight excluding hydrogens is 254 g/mol. The molecule has 1 unspecified atom stereocenters. The summed E-state index contributed by atoms with van der Waals surface area (Å²) < 4.78 is 10.0. The first-order chi connectivity index (χ1) is 9.65. The molecule has 4 nitrogen and oxygen atoms in total. The third kappa shape index (κ3) is 6.57. The first kappa shape index (κ1) is 16.5. The molecule has 0 aliphatic rings. The van der Waals surface area contributed by atoms with Gasteiger partial charge >= 0.3 is 5.97 Å². The molecule has 1 atom stereocenters. The molecule has 20 heavy (non-hydrogen) atoms. The van der Waals surface area contributed by atoms with Crippen molar-refractivity contribution in [3.8, 4) is 5.75 Å².